The molecule has 0 radical (unpaired) electrons. The molecule has 0 aliphatic rings. The number of rotatable bonds is 6. The number of oxime groups is 1. The van der Waals surface area contributed by atoms with Crippen LogP contribution in [-0.2, 0) is 9.84 Å². The van der Waals surface area contributed by atoms with Crippen molar-refractivity contribution >= 4 is 15.5 Å². The lowest BCUT2D eigenvalue weighted by molar-refractivity contribution is 0.317. The predicted octanol–water partition coefficient (Wildman–Crippen LogP) is 4.50. The second kappa shape index (κ2) is 8.57. The Morgan fingerprint density at radius 1 is 1.07 bits per heavy atom. The number of benzene rings is 2. The van der Waals surface area contributed by atoms with Crippen LogP contribution < -0.4 is 0 Å². The van der Waals surface area contributed by atoms with Crippen molar-refractivity contribution in [3.05, 3.63) is 94.8 Å². The summed E-state index contributed by atoms with van der Waals surface area (Å²) in [6.45, 7) is 3.93. The molecule has 1 heterocycles. The van der Waals surface area contributed by atoms with Crippen LogP contribution in [0.2, 0.25) is 0 Å². The topological polar surface area (TPSA) is 79.6 Å². The van der Waals surface area contributed by atoms with E-state index in [1.165, 1.54) is 6.26 Å². The largest absolute Gasteiger partial charge is 0.411 e. The number of hydrogen-bond acceptors (Lipinski definition) is 5. The standard InChI is InChI=1S/C23H24N2O3S/c1-16-6-4-5-7-21(16)22(18-8-10-20(11-9-18)29(3,27)28)15-23(25-26)19-12-13-24-17(2)14-19/h4-14,22,26H,15H2,1-3H3. The van der Waals surface area contributed by atoms with Gasteiger partial charge in [0.05, 0.1) is 10.6 Å². The Bertz CT molecular complexity index is 1140. The van der Waals surface area contributed by atoms with Gasteiger partial charge in [-0.15, -0.1) is 0 Å². The first-order valence-electron chi connectivity index (χ1n) is 9.29. The van der Waals surface area contributed by atoms with E-state index in [1.807, 2.05) is 56.3 Å². The molecule has 0 bridgehead atoms. The summed E-state index contributed by atoms with van der Waals surface area (Å²) in [6.07, 6.45) is 3.35. The van der Waals surface area contributed by atoms with Gasteiger partial charge in [-0.2, -0.15) is 0 Å². The van der Waals surface area contributed by atoms with Crippen LogP contribution in [0, 0.1) is 13.8 Å². The van der Waals surface area contributed by atoms with Crippen molar-refractivity contribution in [3.63, 3.8) is 0 Å². The number of aromatic nitrogens is 1. The van der Waals surface area contributed by atoms with Crippen molar-refractivity contribution in [2.24, 2.45) is 5.16 Å². The molecule has 0 aliphatic heterocycles. The Kier molecular flexibility index (Phi) is 6.13. The van der Waals surface area contributed by atoms with Crippen LogP contribution in [0.5, 0.6) is 0 Å². The lowest BCUT2D eigenvalue weighted by Gasteiger charge is -2.21. The molecule has 1 aromatic heterocycles. The van der Waals surface area contributed by atoms with Gasteiger partial charge in [-0.1, -0.05) is 41.6 Å². The second-order valence-corrected chi connectivity index (χ2v) is 9.20. The van der Waals surface area contributed by atoms with Gasteiger partial charge in [0.15, 0.2) is 9.84 Å². The zero-order valence-corrected chi connectivity index (χ0v) is 17.5. The average Bonchev–Trinajstić information content (AvgIpc) is 2.69. The van der Waals surface area contributed by atoms with E-state index in [4.69, 9.17) is 0 Å². The van der Waals surface area contributed by atoms with E-state index in [2.05, 4.69) is 16.2 Å². The fourth-order valence-corrected chi connectivity index (χ4v) is 4.10. The van der Waals surface area contributed by atoms with E-state index in [0.717, 1.165) is 27.9 Å². The van der Waals surface area contributed by atoms with Gasteiger partial charge < -0.3 is 5.21 Å². The van der Waals surface area contributed by atoms with Crippen LogP contribution in [0.1, 0.15) is 40.3 Å². The maximum atomic E-state index is 11.8. The highest BCUT2D eigenvalue weighted by Crippen LogP contribution is 2.32. The molecule has 1 atom stereocenters. The molecule has 3 aromatic rings. The van der Waals surface area contributed by atoms with Crippen molar-refractivity contribution in [3.8, 4) is 0 Å². The molecule has 0 spiro atoms. The molecular weight excluding hydrogens is 384 g/mol. The smallest absolute Gasteiger partial charge is 0.175 e. The van der Waals surface area contributed by atoms with E-state index in [1.54, 1.807) is 18.3 Å². The normalized spacial score (nSPS) is 13.3. The summed E-state index contributed by atoms with van der Waals surface area (Å²) < 4.78 is 23.6. The number of aryl methyl sites for hydroxylation is 2. The average molecular weight is 409 g/mol. The van der Waals surface area contributed by atoms with Crippen LogP contribution in [-0.4, -0.2) is 30.6 Å². The highest BCUT2D eigenvalue weighted by atomic mass is 32.2. The van der Waals surface area contributed by atoms with Gasteiger partial charge in [-0.3, -0.25) is 4.98 Å². The zero-order chi connectivity index (χ0) is 21.0. The lowest BCUT2D eigenvalue weighted by Crippen LogP contribution is -2.12. The Morgan fingerprint density at radius 3 is 2.34 bits per heavy atom. The first kappa shape index (κ1) is 20.7. The van der Waals surface area contributed by atoms with Crippen molar-refractivity contribution in [2.45, 2.75) is 31.1 Å². The molecule has 1 unspecified atom stereocenters. The predicted molar refractivity (Wildman–Crippen MR) is 114 cm³/mol. The quantitative estimate of drug-likeness (QED) is 0.370. The number of nitrogens with zero attached hydrogens (tertiary/aromatic N) is 2. The Balaban J connectivity index is 2.05. The van der Waals surface area contributed by atoms with E-state index < -0.39 is 9.84 Å². The van der Waals surface area contributed by atoms with Gasteiger partial charge in [0, 0.05) is 36.0 Å². The fourth-order valence-electron chi connectivity index (χ4n) is 3.47. The second-order valence-electron chi connectivity index (χ2n) is 7.19. The first-order valence-corrected chi connectivity index (χ1v) is 11.2. The SMILES string of the molecule is Cc1cc(C(CC(c2ccc(S(C)(=O)=O)cc2)c2ccccc2C)=NO)ccn1. The third-order valence-corrected chi connectivity index (χ3v) is 6.15. The molecule has 2 aromatic carbocycles. The van der Waals surface area contributed by atoms with Crippen LogP contribution in [0.25, 0.3) is 0 Å². The highest BCUT2D eigenvalue weighted by Gasteiger charge is 2.21. The molecule has 0 fully saturated rings. The van der Waals surface area contributed by atoms with Gasteiger partial charge >= 0.3 is 0 Å². The highest BCUT2D eigenvalue weighted by molar-refractivity contribution is 7.90. The number of pyridine rings is 1. The van der Waals surface area contributed by atoms with Crippen LogP contribution >= 0.6 is 0 Å². The molecular formula is C23H24N2O3S. The molecule has 1 N–H and O–H groups in total. The third kappa shape index (κ3) is 4.90. The summed E-state index contributed by atoms with van der Waals surface area (Å²) in [5.74, 6) is -0.0934. The minimum atomic E-state index is -3.26. The summed E-state index contributed by atoms with van der Waals surface area (Å²) in [4.78, 5) is 4.49. The molecule has 29 heavy (non-hydrogen) atoms. The fraction of sp³-hybridized carbons (Fsp3) is 0.217. The molecule has 0 saturated heterocycles. The summed E-state index contributed by atoms with van der Waals surface area (Å²) in [7, 11) is -3.26. The summed E-state index contributed by atoms with van der Waals surface area (Å²) in [5.41, 5.74) is 5.38. The zero-order valence-electron chi connectivity index (χ0n) is 16.7. The summed E-state index contributed by atoms with van der Waals surface area (Å²) >= 11 is 0. The Morgan fingerprint density at radius 2 is 1.76 bits per heavy atom. The summed E-state index contributed by atoms with van der Waals surface area (Å²) in [6, 6.07) is 18.7. The maximum absolute atomic E-state index is 11.8. The Labute approximate surface area is 171 Å². The molecule has 0 amide bonds. The van der Waals surface area contributed by atoms with Crippen molar-refractivity contribution < 1.29 is 13.6 Å². The minimum absolute atomic E-state index is 0.0934. The number of sulfone groups is 1. The number of hydrogen-bond donors (Lipinski definition) is 1. The third-order valence-electron chi connectivity index (χ3n) is 5.02. The van der Waals surface area contributed by atoms with Crippen molar-refractivity contribution in [1.82, 2.24) is 4.98 Å². The molecule has 0 aliphatic carbocycles. The van der Waals surface area contributed by atoms with Crippen LogP contribution in [0.3, 0.4) is 0 Å². The van der Waals surface area contributed by atoms with Crippen molar-refractivity contribution in [1.29, 1.82) is 0 Å². The molecule has 6 heteroatoms. The van der Waals surface area contributed by atoms with Gasteiger partial charge in [-0.25, -0.2) is 8.42 Å². The van der Waals surface area contributed by atoms with E-state index in [0.29, 0.717) is 12.1 Å². The van der Waals surface area contributed by atoms with Gasteiger partial charge in [0.2, 0.25) is 0 Å². The van der Waals surface area contributed by atoms with E-state index in [9.17, 15) is 13.6 Å². The molecule has 3 rings (SSSR count). The van der Waals surface area contributed by atoms with E-state index >= 15 is 0 Å². The van der Waals surface area contributed by atoms with E-state index in [-0.39, 0.29) is 10.8 Å². The summed E-state index contributed by atoms with van der Waals surface area (Å²) in [5, 5.41) is 13.3. The minimum Gasteiger partial charge on any atom is -0.411 e. The Hall–Kier alpha value is -2.99. The van der Waals surface area contributed by atoms with Crippen LogP contribution in [0.15, 0.2) is 76.9 Å². The maximum Gasteiger partial charge on any atom is 0.175 e. The van der Waals surface area contributed by atoms with Gasteiger partial charge in [-0.05, 0) is 54.8 Å². The van der Waals surface area contributed by atoms with Gasteiger partial charge in [0.25, 0.3) is 0 Å². The molecule has 0 saturated carbocycles. The molecule has 150 valence electrons. The van der Waals surface area contributed by atoms with Crippen LogP contribution in [0.4, 0.5) is 0 Å². The lowest BCUT2D eigenvalue weighted by atomic mass is 9.83. The molecule has 5 nitrogen and oxygen atoms in total. The van der Waals surface area contributed by atoms with Gasteiger partial charge in [0.1, 0.15) is 0 Å². The first-order chi connectivity index (χ1) is 13.8. The van der Waals surface area contributed by atoms with Crippen molar-refractivity contribution in [2.75, 3.05) is 6.26 Å². The monoisotopic (exact) mass is 408 g/mol.